The van der Waals surface area contributed by atoms with E-state index < -0.39 is 51.7 Å². The number of hydrogen-bond acceptors (Lipinski definition) is 11. The van der Waals surface area contributed by atoms with Crippen molar-refractivity contribution in [1.29, 1.82) is 0 Å². The molecule has 0 radical (unpaired) electrons. The summed E-state index contributed by atoms with van der Waals surface area (Å²) in [6, 6.07) is 2.02. The van der Waals surface area contributed by atoms with Gasteiger partial charge in [-0.15, -0.1) is 15.0 Å². The van der Waals surface area contributed by atoms with E-state index >= 15 is 0 Å². The van der Waals surface area contributed by atoms with Crippen molar-refractivity contribution < 1.29 is 43.4 Å². The molecule has 0 bridgehead atoms. The van der Waals surface area contributed by atoms with Gasteiger partial charge in [0.25, 0.3) is 5.69 Å². The van der Waals surface area contributed by atoms with Gasteiger partial charge in [-0.3, -0.25) is 14.9 Å². The van der Waals surface area contributed by atoms with Gasteiger partial charge in [-0.1, -0.05) is 20.8 Å². The first-order valence-corrected chi connectivity index (χ1v) is 10.6. The van der Waals surface area contributed by atoms with E-state index in [-0.39, 0.29) is 24.0 Å². The molecule has 1 N–H and O–H groups in total. The van der Waals surface area contributed by atoms with Crippen molar-refractivity contribution in [3.8, 4) is 11.5 Å². The maximum atomic E-state index is 13.2. The van der Waals surface area contributed by atoms with Crippen molar-refractivity contribution in [1.82, 2.24) is 15.0 Å². The van der Waals surface area contributed by atoms with Crippen LogP contribution in [0.2, 0.25) is 0 Å². The number of rotatable bonds is 12. The molecule has 0 saturated heterocycles. The van der Waals surface area contributed by atoms with Crippen molar-refractivity contribution in [2.75, 3.05) is 14.2 Å². The molecular weight excluding hydrogens is 468 g/mol. The van der Waals surface area contributed by atoms with Crippen LogP contribution in [0, 0.1) is 10.1 Å². The molecule has 35 heavy (non-hydrogen) atoms. The minimum Gasteiger partial charge on any atom is -0.493 e. The van der Waals surface area contributed by atoms with E-state index in [1.807, 2.05) is 13.8 Å². The summed E-state index contributed by atoms with van der Waals surface area (Å²) in [5.41, 5.74) is -2.63. The Morgan fingerprint density at radius 1 is 1.00 bits per heavy atom. The third-order valence-corrected chi connectivity index (χ3v) is 5.00. The predicted octanol–water partition coefficient (Wildman–Crippen LogP) is 3.38. The molecule has 0 aliphatic carbocycles. The van der Waals surface area contributed by atoms with Crippen LogP contribution >= 0.6 is 0 Å². The number of hydrogen-bond donors (Lipinski definition) is 1. The van der Waals surface area contributed by atoms with E-state index in [1.165, 1.54) is 14.2 Å². The van der Waals surface area contributed by atoms with Crippen molar-refractivity contribution in [2.45, 2.75) is 52.4 Å². The van der Waals surface area contributed by atoms with Crippen molar-refractivity contribution in [3.63, 3.8) is 0 Å². The molecule has 1 aromatic heterocycles. The molecule has 0 aliphatic rings. The third-order valence-electron chi connectivity index (χ3n) is 5.00. The van der Waals surface area contributed by atoms with Crippen LogP contribution in [-0.2, 0) is 9.47 Å². The lowest BCUT2D eigenvalue weighted by molar-refractivity contribution is -0.385. The Hall–Kier alpha value is -4.23. The fourth-order valence-corrected chi connectivity index (χ4v) is 3.10. The van der Waals surface area contributed by atoms with Gasteiger partial charge in [-0.2, -0.15) is 0 Å². The van der Waals surface area contributed by atoms with Crippen molar-refractivity contribution in [2.24, 2.45) is 0 Å². The lowest BCUT2D eigenvalue weighted by Gasteiger charge is -2.18. The molecule has 0 spiro atoms. The van der Waals surface area contributed by atoms with Crippen LogP contribution in [0.1, 0.15) is 72.8 Å². The highest BCUT2D eigenvalue weighted by molar-refractivity contribution is 6.14. The van der Waals surface area contributed by atoms with E-state index in [1.54, 1.807) is 6.92 Å². The monoisotopic (exact) mass is 494 g/mol. The summed E-state index contributed by atoms with van der Waals surface area (Å²) in [5.74, 6) is -2.72. The molecule has 2 rings (SSSR count). The van der Waals surface area contributed by atoms with Crippen molar-refractivity contribution >= 4 is 23.6 Å². The normalized spacial score (nSPS) is 11.6. The zero-order chi connectivity index (χ0) is 26.3. The Morgan fingerprint density at radius 2 is 1.57 bits per heavy atom. The average molecular weight is 494 g/mol. The molecule has 14 heteroatoms. The highest BCUT2D eigenvalue weighted by atomic mass is 16.7. The van der Waals surface area contributed by atoms with E-state index in [9.17, 15) is 29.6 Å². The van der Waals surface area contributed by atoms with Gasteiger partial charge in [0.2, 0.25) is 17.7 Å². The number of carbonyl (C=O) groups is 3. The largest absolute Gasteiger partial charge is 0.510 e. The van der Waals surface area contributed by atoms with Crippen LogP contribution in [0.5, 0.6) is 11.5 Å². The average Bonchev–Trinajstić information content (AvgIpc) is 3.30. The number of carbonyl (C=O) groups excluding carboxylic acids is 2. The van der Waals surface area contributed by atoms with Crippen LogP contribution in [0.25, 0.3) is 0 Å². The molecule has 1 aromatic carbocycles. The maximum absolute atomic E-state index is 13.2. The molecule has 0 fully saturated rings. The smallest absolute Gasteiger partial charge is 0.493 e. The van der Waals surface area contributed by atoms with Crippen LogP contribution in [0.4, 0.5) is 10.5 Å². The quantitative estimate of drug-likeness (QED) is 0.197. The number of ether oxygens (including phenoxy) is 4. The molecule has 0 saturated carbocycles. The number of methoxy groups -OCH3 is 2. The zero-order valence-electron chi connectivity index (χ0n) is 19.8. The number of carboxylic acids is 1. The molecule has 1 atom stereocenters. The predicted molar refractivity (Wildman–Crippen MR) is 118 cm³/mol. The Balaban J connectivity index is 2.51. The molecule has 14 nitrogen and oxygen atoms in total. The zero-order valence-corrected chi connectivity index (χ0v) is 19.8. The summed E-state index contributed by atoms with van der Waals surface area (Å²) in [5, 5.41) is 28.8. The Kier molecular flexibility index (Phi) is 9.08. The van der Waals surface area contributed by atoms with Crippen molar-refractivity contribution in [3.05, 3.63) is 39.2 Å². The van der Waals surface area contributed by atoms with E-state index in [0.717, 1.165) is 16.9 Å². The first-order chi connectivity index (χ1) is 16.6. The number of nitro groups is 1. The number of benzene rings is 1. The topological polar surface area (TPSA) is 182 Å². The maximum Gasteiger partial charge on any atom is 0.510 e. The summed E-state index contributed by atoms with van der Waals surface area (Å²) >= 11 is 0. The van der Waals surface area contributed by atoms with Gasteiger partial charge >= 0.3 is 12.1 Å². The van der Waals surface area contributed by atoms with Gasteiger partial charge < -0.3 is 24.1 Å². The van der Waals surface area contributed by atoms with E-state index in [2.05, 4.69) is 10.2 Å². The van der Waals surface area contributed by atoms with E-state index in [0.29, 0.717) is 12.8 Å². The summed E-state index contributed by atoms with van der Waals surface area (Å²) in [4.78, 5) is 48.7. The summed E-state index contributed by atoms with van der Waals surface area (Å²) in [7, 11) is 2.52. The molecule has 2 aromatic rings. The Labute approximate surface area is 199 Å². The van der Waals surface area contributed by atoms with Gasteiger partial charge in [0.1, 0.15) is 11.7 Å². The first kappa shape index (κ1) is 27.0. The Bertz CT molecular complexity index is 1110. The Morgan fingerprint density at radius 3 is 2.06 bits per heavy atom. The molecule has 0 amide bonds. The molecular formula is C21H26N4O10. The number of carboxylic acid groups (broad SMARTS) is 1. The molecule has 1 unspecified atom stereocenters. The fourth-order valence-electron chi connectivity index (χ4n) is 3.10. The van der Waals surface area contributed by atoms with E-state index in [4.69, 9.17) is 18.9 Å². The van der Waals surface area contributed by atoms with Gasteiger partial charge in [-0.25, -0.2) is 9.59 Å². The standard InChI is InChI=1S/C21H26N4O10/c1-6-11(7-2)34-21(29)35-16(8-3)24-22-17(18(23-24)20(27)28)19(26)12-9-14(32-4)15(33-5)10-13(12)25(30)31/h9-11,16H,6-8H2,1-5H3,(H,27,28). The lowest BCUT2D eigenvalue weighted by Crippen LogP contribution is -2.23. The summed E-state index contributed by atoms with van der Waals surface area (Å²) in [6.07, 6.45) is -1.35. The van der Waals surface area contributed by atoms with Gasteiger partial charge in [0.15, 0.2) is 17.2 Å². The number of aromatic nitrogens is 3. The molecule has 1 heterocycles. The van der Waals surface area contributed by atoms with Crippen LogP contribution in [0.15, 0.2) is 12.1 Å². The molecule has 0 aliphatic heterocycles. The second-order valence-electron chi connectivity index (χ2n) is 7.12. The summed E-state index contributed by atoms with van der Waals surface area (Å²) in [6.45, 7) is 5.27. The van der Waals surface area contributed by atoms with Crippen LogP contribution < -0.4 is 9.47 Å². The van der Waals surface area contributed by atoms with Gasteiger partial charge in [0.05, 0.1) is 25.2 Å². The van der Waals surface area contributed by atoms with Crippen LogP contribution in [0.3, 0.4) is 0 Å². The minimum absolute atomic E-state index is 0.00429. The number of nitrogens with zero attached hydrogens (tertiary/aromatic N) is 4. The van der Waals surface area contributed by atoms with Gasteiger partial charge in [0, 0.05) is 12.5 Å². The highest BCUT2D eigenvalue weighted by Crippen LogP contribution is 2.35. The lowest BCUT2D eigenvalue weighted by atomic mass is 10.0. The summed E-state index contributed by atoms with van der Waals surface area (Å²) < 4.78 is 20.5. The number of ketones is 1. The minimum atomic E-state index is -1.61. The number of nitro benzene ring substituents is 1. The number of aromatic carboxylic acids is 1. The van der Waals surface area contributed by atoms with Gasteiger partial charge in [-0.05, 0) is 12.8 Å². The second-order valence-corrected chi connectivity index (χ2v) is 7.12. The second kappa shape index (κ2) is 11.8. The highest BCUT2D eigenvalue weighted by Gasteiger charge is 2.33. The van der Waals surface area contributed by atoms with Crippen LogP contribution in [-0.4, -0.2) is 63.3 Å². The molecule has 190 valence electrons. The third kappa shape index (κ3) is 6.02. The fraction of sp³-hybridized carbons (Fsp3) is 0.476. The first-order valence-electron chi connectivity index (χ1n) is 10.6. The SMILES string of the molecule is CCC(CC)OC(=O)OC(CC)n1nc(C(=O)O)c(C(=O)c2cc(OC)c(OC)cc2[N+](=O)[O-])n1.